The van der Waals surface area contributed by atoms with Gasteiger partial charge in [-0.3, -0.25) is 9.78 Å². The predicted molar refractivity (Wildman–Crippen MR) is 99.5 cm³/mol. The number of unbranched alkanes of at least 4 members (excludes halogenated alkanes) is 1. The average molecular weight is 336 g/mol. The lowest BCUT2D eigenvalue weighted by Crippen LogP contribution is -2.25. The van der Waals surface area contributed by atoms with Crippen LogP contribution in [0.1, 0.15) is 42.4 Å². The number of aryl methyl sites for hydroxylation is 2. The number of aromatic nitrogens is 3. The van der Waals surface area contributed by atoms with Crippen molar-refractivity contribution in [2.24, 2.45) is 0 Å². The van der Waals surface area contributed by atoms with Gasteiger partial charge in [-0.2, -0.15) is 0 Å². The van der Waals surface area contributed by atoms with E-state index in [4.69, 9.17) is 4.98 Å². The van der Waals surface area contributed by atoms with Crippen LogP contribution in [0.3, 0.4) is 0 Å². The second kappa shape index (κ2) is 8.42. The van der Waals surface area contributed by atoms with Crippen LogP contribution in [0.5, 0.6) is 0 Å². The molecule has 0 bridgehead atoms. The topological polar surface area (TPSA) is 59.8 Å². The standard InChI is InChI=1S/C20H24N4O/c1-2-3-14-24-18-10-5-4-9-17(18)23-19(24)11-7-13-22-20(25)16-8-6-12-21-15-16/h4-6,8-10,12,15H,2-3,7,11,13-14H2,1H3,(H,22,25). The van der Waals surface area contributed by atoms with E-state index in [1.54, 1.807) is 24.5 Å². The summed E-state index contributed by atoms with van der Waals surface area (Å²) < 4.78 is 2.32. The molecule has 25 heavy (non-hydrogen) atoms. The summed E-state index contributed by atoms with van der Waals surface area (Å²) >= 11 is 0. The van der Waals surface area contributed by atoms with Crippen molar-refractivity contribution in [3.8, 4) is 0 Å². The number of nitrogens with one attached hydrogen (secondary N) is 1. The minimum absolute atomic E-state index is 0.0763. The van der Waals surface area contributed by atoms with Crippen molar-refractivity contribution in [3.63, 3.8) is 0 Å². The van der Waals surface area contributed by atoms with Crippen LogP contribution in [-0.4, -0.2) is 27.0 Å². The molecule has 130 valence electrons. The molecule has 2 heterocycles. The van der Waals surface area contributed by atoms with Gasteiger partial charge in [0.1, 0.15) is 5.82 Å². The Morgan fingerprint density at radius 3 is 2.84 bits per heavy atom. The molecule has 3 rings (SSSR count). The molecular formula is C20H24N4O. The van der Waals surface area contributed by atoms with Crippen LogP contribution in [0, 0.1) is 0 Å². The highest BCUT2D eigenvalue weighted by Crippen LogP contribution is 2.18. The van der Waals surface area contributed by atoms with Gasteiger partial charge in [-0.25, -0.2) is 4.98 Å². The van der Waals surface area contributed by atoms with Crippen molar-refractivity contribution in [1.82, 2.24) is 19.9 Å². The van der Waals surface area contributed by atoms with Crippen LogP contribution < -0.4 is 5.32 Å². The Kier molecular flexibility index (Phi) is 5.77. The molecule has 0 radical (unpaired) electrons. The molecule has 0 saturated carbocycles. The second-order valence-electron chi connectivity index (χ2n) is 6.12. The Morgan fingerprint density at radius 1 is 1.16 bits per heavy atom. The van der Waals surface area contributed by atoms with Gasteiger partial charge in [-0.15, -0.1) is 0 Å². The Hall–Kier alpha value is -2.69. The maximum atomic E-state index is 12.0. The zero-order valence-corrected chi connectivity index (χ0v) is 14.6. The van der Waals surface area contributed by atoms with E-state index in [9.17, 15) is 4.79 Å². The lowest BCUT2D eigenvalue weighted by Gasteiger charge is -2.09. The first-order valence-corrected chi connectivity index (χ1v) is 8.92. The highest BCUT2D eigenvalue weighted by Gasteiger charge is 2.10. The quantitative estimate of drug-likeness (QED) is 0.640. The van der Waals surface area contributed by atoms with Gasteiger partial charge in [0.25, 0.3) is 5.91 Å². The summed E-state index contributed by atoms with van der Waals surface area (Å²) in [7, 11) is 0. The first-order chi connectivity index (χ1) is 12.3. The lowest BCUT2D eigenvalue weighted by atomic mass is 10.2. The molecule has 2 aromatic heterocycles. The first-order valence-electron chi connectivity index (χ1n) is 8.92. The van der Waals surface area contributed by atoms with Crippen LogP contribution in [0.15, 0.2) is 48.8 Å². The van der Waals surface area contributed by atoms with E-state index >= 15 is 0 Å². The normalized spacial score (nSPS) is 10.9. The number of carbonyl (C=O) groups excluding carboxylic acids is 1. The molecule has 0 aliphatic rings. The number of pyridine rings is 1. The van der Waals surface area contributed by atoms with E-state index < -0.39 is 0 Å². The van der Waals surface area contributed by atoms with Crippen molar-refractivity contribution in [2.75, 3.05) is 6.54 Å². The Bertz CT molecular complexity index is 826. The summed E-state index contributed by atoms with van der Waals surface area (Å²) in [5.41, 5.74) is 2.84. The Labute approximate surface area is 148 Å². The molecule has 0 saturated heterocycles. The van der Waals surface area contributed by atoms with Gasteiger partial charge in [0.15, 0.2) is 0 Å². The smallest absolute Gasteiger partial charge is 0.252 e. The third-order valence-corrected chi connectivity index (χ3v) is 4.26. The van der Waals surface area contributed by atoms with E-state index in [1.165, 1.54) is 5.52 Å². The highest BCUT2D eigenvalue weighted by atomic mass is 16.1. The first kappa shape index (κ1) is 17.1. The third kappa shape index (κ3) is 4.24. The number of carbonyl (C=O) groups is 1. The van der Waals surface area contributed by atoms with Crippen LogP contribution >= 0.6 is 0 Å². The average Bonchev–Trinajstić information content (AvgIpc) is 3.01. The molecule has 1 amide bonds. The largest absolute Gasteiger partial charge is 0.352 e. The van der Waals surface area contributed by atoms with Gasteiger partial charge in [-0.1, -0.05) is 25.5 Å². The van der Waals surface area contributed by atoms with E-state index in [0.29, 0.717) is 12.1 Å². The van der Waals surface area contributed by atoms with E-state index in [2.05, 4.69) is 40.0 Å². The summed E-state index contributed by atoms with van der Waals surface area (Å²) in [6, 6.07) is 11.8. The molecule has 0 aliphatic heterocycles. The number of para-hydroxylation sites is 2. The maximum absolute atomic E-state index is 12.0. The van der Waals surface area contributed by atoms with Crippen molar-refractivity contribution >= 4 is 16.9 Å². The van der Waals surface area contributed by atoms with Gasteiger partial charge in [-0.05, 0) is 37.1 Å². The highest BCUT2D eigenvalue weighted by molar-refractivity contribution is 5.93. The molecule has 0 spiro atoms. The fourth-order valence-corrected chi connectivity index (χ4v) is 2.93. The molecule has 3 aromatic rings. The number of fused-ring (bicyclic) bond motifs is 1. The molecule has 0 unspecified atom stereocenters. The van der Waals surface area contributed by atoms with Gasteiger partial charge in [0.05, 0.1) is 16.6 Å². The number of amides is 1. The minimum Gasteiger partial charge on any atom is -0.352 e. The van der Waals surface area contributed by atoms with Crippen molar-refractivity contribution in [2.45, 2.75) is 39.2 Å². The van der Waals surface area contributed by atoms with Gasteiger partial charge in [0.2, 0.25) is 0 Å². The van der Waals surface area contributed by atoms with Crippen LogP contribution in [0.4, 0.5) is 0 Å². The van der Waals surface area contributed by atoms with Crippen molar-refractivity contribution in [1.29, 1.82) is 0 Å². The van der Waals surface area contributed by atoms with Crippen LogP contribution in [0.2, 0.25) is 0 Å². The third-order valence-electron chi connectivity index (χ3n) is 4.26. The summed E-state index contributed by atoms with van der Waals surface area (Å²) in [5, 5.41) is 2.95. The fraction of sp³-hybridized carbons (Fsp3) is 0.350. The zero-order valence-electron chi connectivity index (χ0n) is 14.6. The molecule has 0 aliphatic carbocycles. The zero-order chi connectivity index (χ0) is 17.5. The molecule has 1 aromatic carbocycles. The predicted octanol–water partition coefficient (Wildman–Crippen LogP) is 3.59. The SMILES string of the molecule is CCCCn1c(CCCNC(=O)c2cccnc2)nc2ccccc21. The summed E-state index contributed by atoms with van der Waals surface area (Å²) in [5.74, 6) is 1.03. The minimum atomic E-state index is -0.0763. The molecule has 5 heteroatoms. The number of hydrogen-bond donors (Lipinski definition) is 1. The molecule has 0 fully saturated rings. The number of benzene rings is 1. The second-order valence-corrected chi connectivity index (χ2v) is 6.12. The Morgan fingerprint density at radius 2 is 2.04 bits per heavy atom. The van der Waals surface area contributed by atoms with E-state index in [0.717, 1.165) is 43.6 Å². The van der Waals surface area contributed by atoms with E-state index in [1.807, 2.05) is 6.07 Å². The molecule has 5 nitrogen and oxygen atoms in total. The lowest BCUT2D eigenvalue weighted by molar-refractivity contribution is 0.0953. The molecule has 1 N–H and O–H groups in total. The number of rotatable bonds is 8. The monoisotopic (exact) mass is 336 g/mol. The van der Waals surface area contributed by atoms with Crippen LogP contribution in [0.25, 0.3) is 11.0 Å². The Balaban J connectivity index is 1.60. The fourth-order valence-electron chi connectivity index (χ4n) is 2.93. The van der Waals surface area contributed by atoms with Gasteiger partial charge < -0.3 is 9.88 Å². The molecular weight excluding hydrogens is 312 g/mol. The molecule has 0 atom stereocenters. The van der Waals surface area contributed by atoms with Gasteiger partial charge in [0, 0.05) is 31.9 Å². The van der Waals surface area contributed by atoms with Gasteiger partial charge >= 0.3 is 0 Å². The number of hydrogen-bond acceptors (Lipinski definition) is 3. The number of imidazole rings is 1. The summed E-state index contributed by atoms with van der Waals surface area (Å²) in [6.07, 6.45) is 7.27. The number of nitrogens with zero attached hydrogens (tertiary/aromatic N) is 3. The maximum Gasteiger partial charge on any atom is 0.252 e. The summed E-state index contributed by atoms with van der Waals surface area (Å²) in [4.78, 5) is 20.8. The van der Waals surface area contributed by atoms with Crippen LogP contribution in [-0.2, 0) is 13.0 Å². The summed E-state index contributed by atoms with van der Waals surface area (Å²) in [6.45, 7) is 3.83. The van der Waals surface area contributed by atoms with E-state index in [-0.39, 0.29) is 5.91 Å². The van der Waals surface area contributed by atoms with Crippen molar-refractivity contribution in [3.05, 3.63) is 60.2 Å². The van der Waals surface area contributed by atoms with Crippen molar-refractivity contribution < 1.29 is 4.79 Å².